The molecule has 1 saturated heterocycles. The molecule has 1 atom stereocenters. The number of nitrogen functional groups attached to an aromatic ring is 1. The van der Waals surface area contributed by atoms with Crippen LogP contribution >= 0.6 is 27.7 Å². The summed E-state index contributed by atoms with van der Waals surface area (Å²) in [4.78, 5) is 0.0753. The van der Waals surface area contributed by atoms with Gasteiger partial charge < -0.3 is 10.5 Å². The summed E-state index contributed by atoms with van der Waals surface area (Å²) >= 11 is 5.11. The highest BCUT2D eigenvalue weighted by atomic mass is 79.9. The van der Waals surface area contributed by atoms with Crippen LogP contribution in [0.3, 0.4) is 0 Å². The van der Waals surface area contributed by atoms with Gasteiger partial charge in [0.1, 0.15) is 10.6 Å². The van der Waals surface area contributed by atoms with Crippen LogP contribution < -0.4 is 15.2 Å². The molecule has 1 unspecified atom stereocenters. The molecule has 2 rings (SSSR count). The van der Waals surface area contributed by atoms with Gasteiger partial charge in [-0.15, -0.1) is 0 Å². The molecule has 1 heterocycles. The fourth-order valence-electron chi connectivity index (χ4n) is 1.97. The number of sulfonamides is 1. The fourth-order valence-corrected chi connectivity index (χ4v) is 4.88. The Labute approximate surface area is 131 Å². The Kier molecular flexibility index (Phi) is 5.22. The van der Waals surface area contributed by atoms with Gasteiger partial charge in [0.15, 0.2) is 0 Å². The molecule has 112 valence electrons. The average Bonchev–Trinajstić information content (AvgIpc) is 2.92. The smallest absolute Gasteiger partial charge is 0.244 e. The number of anilines is 1. The Bertz CT molecular complexity index is 587. The van der Waals surface area contributed by atoms with E-state index in [1.807, 2.05) is 11.8 Å². The molecule has 0 saturated carbocycles. The lowest BCUT2D eigenvalue weighted by Gasteiger charge is -2.14. The van der Waals surface area contributed by atoms with Crippen LogP contribution in [0.1, 0.15) is 6.42 Å². The third kappa shape index (κ3) is 3.60. The van der Waals surface area contributed by atoms with Crippen LogP contribution in [0.4, 0.5) is 5.69 Å². The van der Waals surface area contributed by atoms with Crippen LogP contribution in [0.15, 0.2) is 21.5 Å². The molecule has 0 aliphatic carbocycles. The summed E-state index contributed by atoms with van der Waals surface area (Å²) in [6, 6.07) is 2.98. The van der Waals surface area contributed by atoms with Crippen LogP contribution in [0, 0.1) is 5.92 Å². The number of ether oxygens (including phenoxy) is 1. The summed E-state index contributed by atoms with van der Waals surface area (Å²) in [5, 5.41) is 0. The Balaban J connectivity index is 2.21. The van der Waals surface area contributed by atoms with E-state index in [2.05, 4.69) is 20.7 Å². The molecule has 1 fully saturated rings. The van der Waals surface area contributed by atoms with Crippen molar-refractivity contribution in [3.63, 3.8) is 0 Å². The third-order valence-electron chi connectivity index (χ3n) is 3.16. The molecule has 1 aliphatic heterocycles. The lowest BCUT2D eigenvalue weighted by Crippen LogP contribution is -2.29. The third-order valence-corrected chi connectivity index (χ3v) is 6.52. The van der Waals surface area contributed by atoms with Gasteiger partial charge in [-0.25, -0.2) is 13.1 Å². The zero-order chi connectivity index (χ0) is 14.8. The van der Waals surface area contributed by atoms with Crippen molar-refractivity contribution >= 4 is 43.4 Å². The van der Waals surface area contributed by atoms with Gasteiger partial charge >= 0.3 is 0 Å². The number of hydrogen-bond acceptors (Lipinski definition) is 5. The molecular formula is C12H17BrN2O3S2. The minimum Gasteiger partial charge on any atom is -0.495 e. The second kappa shape index (κ2) is 6.55. The Morgan fingerprint density at radius 2 is 2.30 bits per heavy atom. The number of benzene rings is 1. The molecule has 0 spiro atoms. The zero-order valence-electron chi connectivity index (χ0n) is 11.1. The van der Waals surface area contributed by atoms with Gasteiger partial charge in [0, 0.05) is 16.7 Å². The van der Waals surface area contributed by atoms with E-state index in [-0.39, 0.29) is 10.6 Å². The molecule has 5 nitrogen and oxygen atoms in total. The molecule has 3 N–H and O–H groups in total. The van der Waals surface area contributed by atoms with Gasteiger partial charge in [-0.2, -0.15) is 11.8 Å². The van der Waals surface area contributed by atoms with Crippen LogP contribution in [0.5, 0.6) is 5.75 Å². The molecule has 20 heavy (non-hydrogen) atoms. The molecule has 1 aliphatic rings. The first-order chi connectivity index (χ1) is 9.44. The van der Waals surface area contributed by atoms with Crippen molar-refractivity contribution in [3.05, 3.63) is 16.6 Å². The van der Waals surface area contributed by atoms with Crippen molar-refractivity contribution in [2.45, 2.75) is 11.3 Å². The summed E-state index contributed by atoms with van der Waals surface area (Å²) < 4.78 is 33.1. The van der Waals surface area contributed by atoms with E-state index < -0.39 is 10.0 Å². The van der Waals surface area contributed by atoms with Gasteiger partial charge in [-0.05, 0) is 51.9 Å². The largest absolute Gasteiger partial charge is 0.495 e. The first kappa shape index (κ1) is 15.9. The van der Waals surface area contributed by atoms with Gasteiger partial charge in [0.25, 0.3) is 0 Å². The lowest BCUT2D eigenvalue weighted by molar-refractivity contribution is 0.402. The maximum Gasteiger partial charge on any atom is 0.244 e. The quantitative estimate of drug-likeness (QED) is 0.764. The van der Waals surface area contributed by atoms with E-state index in [4.69, 9.17) is 10.5 Å². The van der Waals surface area contributed by atoms with E-state index in [1.165, 1.54) is 13.2 Å². The molecule has 0 bridgehead atoms. The molecule has 0 radical (unpaired) electrons. The van der Waals surface area contributed by atoms with Crippen LogP contribution in [0.25, 0.3) is 0 Å². The summed E-state index contributed by atoms with van der Waals surface area (Å²) in [6.07, 6.45) is 1.05. The molecule has 0 aromatic heterocycles. The normalized spacial score (nSPS) is 19.2. The zero-order valence-corrected chi connectivity index (χ0v) is 14.3. The number of rotatable bonds is 5. The topological polar surface area (TPSA) is 81.4 Å². The number of hydrogen-bond donors (Lipinski definition) is 2. The summed E-state index contributed by atoms with van der Waals surface area (Å²) in [6.45, 7) is 0.453. The summed E-state index contributed by atoms with van der Waals surface area (Å²) in [5.74, 6) is 2.77. The Morgan fingerprint density at radius 1 is 1.55 bits per heavy atom. The number of halogens is 1. The highest BCUT2D eigenvalue weighted by molar-refractivity contribution is 9.10. The molecule has 8 heteroatoms. The standard InChI is InChI=1S/C12H17BrN2O3S2/c1-18-11-4-9(13)10(14)5-12(11)20(16,17)15-6-8-2-3-19-7-8/h4-5,8,15H,2-3,6-7,14H2,1H3. The van der Waals surface area contributed by atoms with Crippen molar-refractivity contribution in [2.75, 3.05) is 30.9 Å². The van der Waals surface area contributed by atoms with Crippen LogP contribution in [0.2, 0.25) is 0 Å². The second-order valence-electron chi connectivity index (χ2n) is 4.61. The highest BCUT2D eigenvalue weighted by Crippen LogP contribution is 2.32. The first-order valence-electron chi connectivity index (χ1n) is 6.14. The average molecular weight is 381 g/mol. The predicted molar refractivity (Wildman–Crippen MR) is 85.7 cm³/mol. The van der Waals surface area contributed by atoms with Crippen LogP contribution in [-0.4, -0.2) is 33.6 Å². The van der Waals surface area contributed by atoms with E-state index in [1.54, 1.807) is 6.07 Å². The van der Waals surface area contributed by atoms with E-state index in [9.17, 15) is 8.42 Å². The molecule has 1 aromatic rings. The van der Waals surface area contributed by atoms with Gasteiger partial charge in [-0.1, -0.05) is 0 Å². The van der Waals surface area contributed by atoms with Crippen molar-refractivity contribution in [1.29, 1.82) is 0 Å². The number of methoxy groups -OCH3 is 1. The van der Waals surface area contributed by atoms with E-state index >= 15 is 0 Å². The van der Waals surface area contributed by atoms with Crippen molar-refractivity contribution < 1.29 is 13.2 Å². The predicted octanol–water partition coefficient (Wildman–Crippen LogP) is 2.07. The van der Waals surface area contributed by atoms with Crippen molar-refractivity contribution in [2.24, 2.45) is 5.92 Å². The minimum atomic E-state index is -3.61. The maximum absolute atomic E-state index is 12.4. The van der Waals surface area contributed by atoms with E-state index in [0.717, 1.165) is 17.9 Å². The summed E-state index contributed by atoms with van der Waals surface area (Å²) in [7, 11) is -2.18. The number of thioether (sulfide) groups is 1. The molecule has 1 aromatic carbocycles. The van der Waals surface area contributed by atoms with Crippen molar-refractivity contribution in [1.82, 2.24) is 4.72 Å². The monoisotopic (exact) mass is 380 g/mol. The van der Waals surface area contributed by atoms with Crippen LogP contribution in [-0.2, 0) is 10.0 Å². The molecule has 0 amide bonds. The SMILES string of the molecule is COc1cc(Br)c(N)cc1S(=O)(=O)NCC1CCSC1. The Morgan fingerprint density at radius 3 is 2.90 bits per heavy atom. The molecular weight excluding hydrogens is 364 g/mol. The fraction of sp³-hybridized carbons (Fsp3) is 0.500. The number of nitrogens with one attached hydrogen (secondary N) is 1. The number of nitrogens with two attached hydrogens (primary N) is 1. The Hall–Kier alpha value is -0.440. The van der Waals surface area contributed by atoms with E-state index in [0.29, 0.717) is 22.6 Å². The lowest BCUT2D eigenvalue weighted by atomic mass is 10.1. The van der Waals surface area contributed by atoms with Gasteiger partial charge in [0.2, 0.25) is 10.0 Å². The first-order valence-corrected chi connectivity index (χ1v) is 9.57. The van der Waals surface area contributed by atoms with Gasteiger partial charge in [-0.3, -0.25) is 0 Å². The van der Waals surface area contributed by atoms with Crippen molar-refractivity contribution in [3.8, 4) is 5.75 Å². The maximum atomic E-state index is 12.4. The highest BCUT2D eigenvalue weighted by Gasteiger charge is 2.23. The summed E-state index contributed by atoms with van der Waals surface area (Å²) in [5.41, 5.74) is 6.12. The minimum absolute atomic E-state index is 0.0753. The van der Waals surface area contributed by atoms with Gasteiger partial charge in [0.05, 0.1) is 7.11 Å². The second-order valence-corrected chi connectivity index (χ2v) is 8.35.